The molecule has 0 saturated heterocycles. The van der Waals surface area contributed by atoms with Gasteiger partial charge in [0.15, 0.2) is 5.82 Å². The number of aromatic carboxylic acids is 1. The molecule has 2 rings (SSSR count). The number of aromatic nitrogens is 2. The number of amides is 1. The van der Waals surface area contributed by atoms with Crippen molar-refractivity contribution in [1.82, 2.24) is 10.2 Å². The maximum absolute atomic E-state index is 11.7. The Kier molecular flexibility index (Phi) is 3.92. The van der Waals surface area contributed by atoms with E-state index in [1.54, 1.807) is 0 Å². The summed E-state index contributed by atoms with van der Waals surface area (Å²) in [5.41, 5.74) is 1.02. The predicted molar refractivity (Wildman–Crippen MR) is 68.9 cm³/mol. The van der Waals surface area contributed by atoms with E-state index in [2.05, 4.69) is 15.5 Å². The number of aryl methyl sites for hydroxylation is 1. The molecule has 0 saturated carbocycles. The maximum Gasteiger partial charge on any atom is 0.353 e. The van der Waals surface area contributed by atoms with Crippen molar-refractivity contribution in [2.75, 3.05) is 5.32 Å². The largest absolute Gasteiger partial charge is 0.477 e. The lowest BCUT2D eigenvalue weighted by atomic mass is 10.1. The van der Waals surface area contributed by atoms with Crippen LogP contribution in [-0.4, -0.2) is 27.2 Å². The molecule has 0 aliphatic rings. The highest BCUT2D eigenvalue weighted by Gasteiger charge is 2.09. The minimum absolute atomic E-state index is 0.0571. The molecule has 0 radical (unpaired) electrons. The second-order valence-corrected chi connectivity index (χ2v) is 4.01. The number of hydrogen-bond donors (Lipinski definition) is 3. The van der Waals surface area contributed by atoms with Crippen molar-refractivity contribution in [3.63, 3.8) is 0 Å². The zero-order valence-corrected chi connectivity index (χ0v) is 10.1. The molecule has 0 atom stereocenters. The van der Waals surface area contributed by atoms with E-state index in [1.807, 2.05) is 30.3 Å². The second-order valence-electron chi connectivity index (χ2n) is 4.01. The molecule has 1 amide bonds. The highest BCUT2D eigenvalue weighted by Crippen LogP contribution is 2.07. The lowest BCUT2D eigenvalue weighted by Gasteiger charge is -2.01. The fourth-order valence-electron chi connectivity index (χ4n) is 1.60. The van der Waals surface area contributed by atoms with Crippen molar-refractivity contribution in [2.24, 2.45) is 0 Å². The summed E-state index contributed by atoms with van der Waals surface area (Å²) in [6.45, 7) is 0. The molecular weight excluding hydrogens is 246 g/mol. The minimum Gasteiger partial charge on any atom is -0.477 e. The number of nitrogens with one attached hydrogen (secondary N) is 2. The van der Waals surface area contributed by atoms with Crippen LogP contribution >= 0.6 is 0 Å². The van der Waals surface area contributed by atoms with E-state index in [0.29, 0.717) is 12.8 Å². The van der Waals surface area contributed by atoms with Crippen molar-refractivity contribution in [2.45, 2.75) is 12.8 Å². The molecule has 6 heteroatoms. The summed E-state index contributed by atoms with van der Waals surface area (Å²) in [4.78, 5) is 22.3. The maximum atomic E-state index is 11.7. The molecule has 0 aliphatic carbocycles. The normalized spacial score (nSPS) is 10.1. The van der Waals surface area contributed by atoms with Gasteiger partial charge in [0.25, 0.3) is 0 Å². The van der Waals surface area contributed by atoms with E-state index >= 15 is 0 Å². The average molecular weight is 259 g/mol. The molecule has 0 bridgehead atoms. The van der Waals surface area contributed by atoms with Crippen LogP contribution in [0.1, 0.15) is 22.5 Å². The first-order chi connectivity index (χ1) is 9.15. The number of carboxylic acids is 1. The summed E-state index contributed by atoms with van der Waals surface area (Å²) in [6, 6.07) is 10.9. The van der Waals surface area contributed by atoms with Crippen molar-refractivity contribution >= 4 is 17.7 Å². The Hall–Kier alpha value is -2.63. The summed E-state index contributed by atoms with van der Waals surface area (Å²) in [5, 5.41) is 17.3. The number of nitrogens with zero attached hydrogens (tertiary/aromatic N) is 1. The second kappa shape index (κ2) is 5.81. The van der Waals surface area contributed by atoms with Gasteiger partial charge < -0.3 is 10.4 Å². The first-order valence-electron chi connectivity index (χ1n) is 5.77. The number of aromatic amines is 1. The summed E-state index contributed by atoms with van der Waals surface area (Å²) >= 11 is 0. The van der Waals surface area contributed by atoms with Crippen LogP contribution in [0.4, 0.5) is 5.82 Å². The molecule has 19 heavy (non-hydrogen) atoms. The first kappa shape index (κ1) is 12.8. The number of anilines is 1. The predicted octanol–water partition coefficient (Wildman–Crippen LogP) is 1.68. The Morgan fingerprint density at radius 2 is 2.00 bits per heavy atom. The number of hydrogen-bond acceptors (Lipinski definition) is 3. The van der Waals surface area contributed by atoms with E-state index in [4.69, 9.17) is 5.11 Å². The SMILES string of the molecule is O=C(CCc1ccccc1)Nc1cc(C(=O)O)[nH]n1. The van der Waals surface area contributed by atoms with Crippen LogP contribution < -0.4 is 5.32 Å². The number of carboxylic acid groups (broad SMARTS) is 1. The standard InChI is InChI=1S/C13H13N3O3/c17-12(7-6-9-4-2-1-3-5-9)14-11-8-10(13(18)19)15-16-11/h1-5,8H,6-7H2,(H,18,19)(H2,14,15,16,17). The van der Waals surface area contributed by atoms with Gasteiger partial charge in [-0.05, 0) is 12.0 Å². The Balaban J connectivity index is 1.85. The number of carbonyl (C=O) groups excluding carboxylic acids is 1. The molecule has 2 aromatic rings. The number of rotatable bonds is 5. The van der Waals surface area contributed by atoms with Crippen LogP contribution in [-0.2, 0) is 11.2 Å². The van der Waals surface area contributed by atoms with Gasteiger partial charge in [0.1, 0.15) is 5.69 Å². The zero-order valence-electron chi connectivity index (χ0n) is 10.1. The van der Waals surface area contributed by atoms with E-state index in [1.165, 1.54) is 6.07 Å². The molecule has 0 spiro atoms. The highest BCUT2D eigenvalue weighted by atomic mass is 16.4. The zero-order chi connectivity index (χ0) is 13.7. The quantitative estimate of drug-likeness (QED) is 0.761. The van der Waals surface area contributed by atoms with Crippen molar-refractivity contribution in [1.29, 1.82) is 0 Å². The third-order valence-electron chi connectivity index (χ3n) is 2.56. The minimum atomic E-state index is -1.11. The van der Waals surface area contributed by atoms with E-state index in [0.717, 1.165) is 5.56 Å². The van der Waals surface area contributed by atoms with E-state index < -0.39 is 5.97 Å². The average Bonchev–Trinajstić information content (AvgIpc) is 2.86. The monoisotopic (exact) mass is 259 g/mol. The van der Waals surface area contributed by atoms with E-state index in [9.17, 15) is 9.59 Å². The molecule has 1 heterocycles. The molecule has 1 aromatic carbocycles. The summed E-state index contributed by atoms with van der Waals surface area (Å²) in [6.07, 6.45) is 0.947. The van der Waals surface area contributed by atoms with Gasteiger partial charge in [0.2, 0.25) is 5.91 Å². The third-order valence-corrected chi connectivity index (χ3v) is 2.56. The van der Waals surface area contributed by atoms with Crippen LogP contribution in [0, 0.1) is 0 Å². The number of carbonyl (C=O) groups is 2. The summed E-state index contributed by atoms with van der Waals surface area (Å²) in [5.74, 6) is -1.10. The van der Waals surface area contributed by atoms with E-state index in [-0.39, 0.29) is 17.4 Å². The van der Waals surface area contributed by atoms with Crippen molar-refractivity contribution in [3.05, 3.63) is 47.7 Å². The van der Waals surface area contributed by atoms with Crippen LogP contribution in [0.5, 0.6) is 0 Å². The number of benzene rings is 1. The fourth-order valence-corrected chi connectivity index (χ4v) is 1.60. The molecule has 1 aromatic heterocycles. The molecule has 0 fully saturated rings. The van der Waals surface area contributed by atoms with Gasteiger partial charge >= 0.3 is 5.97 Å². The van der Waals surface area contributed by atoms with Crippen molar-refractivity contribution < 1.29 is 14.7 Å². The van der Waals surface area contributed by atoms with Crippen molar-refractivity contribution in [3.8, 4) is 0 Å². The van der Waals surface area contributed by atoms with Gasteiger partial charge in [-0.15, -0.1) is 0 Å². The fraction of sp³-hybridized carbons (Fsp3) is 0.154. The first-order valence-corrected chi connectivity index (χ1v) is 5.77. The van der Waals surface area contributed by atoms with Gasteiger partial charge in [-0.2, -0.15) is 5.10 Å². The van der Waals surface area contributed by atoms with Gasteiger partial charge in [0.05, 0.1) is 0 Å². The lowest BCUT2D eigenvalue weighted by Crippen LogP contribution is -2.12. The van der Waals surface area contributed by atoms with Gasteiger partial charge in [-0.3, -0.25) is 9.89 Å². The Labute approximate surface area is 109 Å². The lowest BCUT2D eigenvalue weighted by molar-refractivity contribution is -0.116. The van der Waals surface area contributed by atoms with Crippen LogP contribution in [0.2, 0.25) is 0 Å². The smallest absolute Gasteiger partial charge is 0.353 e. The number of H-pyrrole nitrogens is 1. The Morgan fingerprint density at radius 3 is 2.63 bits per heavy atom. The Morgan fingerprint density at radius 1 is 1.26 bits per heavy atom. The van der Waals surface area contributed by atoms with Gasteiger partial charge in [-0.1, -0.05) is 30.3 Å². The Bertz CT molecular complexity index is 578. The van der Waals surface area contributed by atoms with Crippen LogP contribution in [0.25, 0.3) is 0 Å². The summed E-state index contributed by atoms with van der Waals surface area (Å²) < 4.78 is 0. The molecular formula is C13H13N3O3. The highest BCUT2D eigenvalue weighted by molar-refractivity contribution is 5.92. The molecule has 0 aliphatic heterocycles. The molecule has 3 N–H and O–H groups in total. The molecule has 0 unspecified atom stereocenters. The van der Waals surface area contributed by atoms with Gasteiger partial charge in [0, 0.05) is 12.5 Å². The molecule has 98 valence electrons. The topological polar surface area (TPSA) is 95.1 Å². The summed E-state index contributed by atoms with van der Waals surface area (Å²) in [7, 11) is 0. The van der Waals surface area contributed by atoms with Crippen LogP contribution in [0.3, 0.4) is 0 Å². The third kappa shape index (κ3) is 3.67. The van der Waals surface area contributed by atoms with Gasteiger partial charge in [-0.25, -0.2) is 4.79 Å². The van der Waals surface area contributed by atoms with Crippen LogP contribution in [0.15, 0.2) is 36.4 Å². The molecule has 6 nitrogen and oxygen atoms in total.